The van der Waals surface area contributed by atoms with E-state index in [1.807, 2.05) is 0 Å². The molecule has 232 valence electrons. The zero-order chi connectivity index (χ0) is 30.4. The molecule has 2 saturated carbocycles. The quantitative estimate of drug-likeness (QED) is 0.243. The van der Waals surface area contributed by atoms with Crippen LogP contribution in [-0.4, -0.2) is 71.1 Å². The Hall–Kier alpha value is -2.82. The normalized spacial score (nSPS) is 26.9. The van der Waals surface area contributed by atoms with Gasteiger partial charge in [0, 0.05) is 12.3 Å². The summed E-state index contributed by atoms with van der Waals surface area (Å²) in [4.78, 5) is 53.4. The Bertz CT molecular complexity index is 1100. The van der Waals surface area contributed by atoms with Gasteiger partial charge in [-0.05, 0) is 69.6 Å². The maximum atomic E-state index is 13.8. The maximum absolute atomic E-state index is 13.8. The summed E-state index contributed by atoms with van der Waals surface area (Å²) in [6.07, 6.45) is 4.77. The van der Waals surface area contributed by atoms with Crippen molar-refractivity contribution in [3.8, 4) is 5.75 Å². The molecule has 0 spiro atoms. The van der Waals surface area contributed by atoms with E-state index >= 15 is 0 Å². The minimum atomic E-state index is -1.34. The van der Waals surface area contributed by atoms with Crippen molar-refractivity contribution in [2.45, 2.75) is 108 Å². The third kappa shape index (κ3) is 8.17. The third-order valence-electron chi connectivity index (χ3n) is 9.28. The van der Waals surface area contributed by atoms with Gasteiger partial charge in [0.25, 0.3) is 0 Å². The average molecular weight is 587 g/mol. The lowest BCUT2D eigenvalue weighted by atomic mass is 9.86. The molecule has 42 heavy (non-hydrogen) atoms. The van der Waals surface area contributed by atoms with Crippen LogP contribution in [0, 0.1) is 17.8 Å². The molecule has 1 heterocycles. The van der Waals surface area contributed by atoms with E-state index in [1.165, 1.54) is 7.11 Å². The van der Waals surface area contributed by atoms with Crippen LogP contribution in [0.4, 0.5) is 0 Å². The third-order valence-corrected chi connectivity index (χ3v) is 9.28. The number of amides is 2. The summed E-state index contributed by atoms with van der Waals surface area (Å²) >= 11 is 0. The number of rotatable bonds is 14. The lowest BCUT2D eigenvalue weighted by molar-refractivity contribution is -0.138. The summed E-state index contributed by atoms with van der Waals surface area (Å²) in [6.45, 7) is 3.59. The number of epoxide rings is 1. The number of aliphatic hydroxyl groups excluding tert-OH is 2. The van der Waals surface area contributed by atoms with Crippen LogP contribution in [0.1, 0.15) is 89.7 Å². The highest BCUT2D eigenvalue weighted by Gasteiger charge is 2.50. The number of methoxy groups -OCH3 is 1. The molecule has 4 rings (SSSR count). The highest BCUT2D eigenvalue weighted by Crippen LogP contribution is 2.34. The Morgan fingerprint density at radius 1 is 1.02 bits per heavy atom. The molecule has 0 bridgehead atoms. The van der Waals surface area contributed by atoms with Gasteiger partial charge in [-0.25, -0.2) is 0 Å². The molecule has 5 unspecified atom stereocenters. The van der Waals surface area contributed by atoms with E-state index in [9.17, 15) is 29.4 Å². The second-order valence-electron chi connectivity index (χ2n) is 12.6. The van der Waals surface area contributed by atoms with Crippen molar-refractivity contribution >= 4 is 23.4 Å². The van der Waals surface area contributed by atoms with Gasteiger partial charge in [0.15, 0.2) is 11.6 Å². The number of nitrogens with one attached hydrogen (secondary N) is 2. The fourth-order valence-corrected chi connectivity index (χ4v) is 6.23. The first kappa shape index (κ1) is 32.1. The number of aliphatic hydroxyl groups is 2. The number of hydrogen-bond donors (Lipinski definition) is 4. The molecule has 1 saturated heterocycles. The molecule has 3 fully saturated rings. The van der Waals surface area contributed by atoms with Crippen LogP contribution in [0.5, 0.6) is 5.75 Å². The summed E-state index contributed by atoms with van der Waals surface area (Å²) in [5.74, 6) is -2.01. The van der Waals surface area contributed by atoms with E-state index in [0.717, 1.165) is 25.7 Å². The number of ketones is 2. The molecule has 2 aliphatic carbocycles. The molecule has 1 aliphatic heterocycles. The van der Waals surface area contributed by atoms with E-state index in [0.29, 0.717) is 55.9 Å². The summed E-state index contributed by atoms with van der Waals surface area (Å²) in [6, 6.07) is 4.94. The second kappa shape index (κ2) is 14.1. The van der Waals surface area contributed by atoms with Crippen molar-refractivity contribution in [1.82, 2.24) is 10.6 Å². The van der Waals surface area contributed by atoms with Crippen molar-refractivity contribution in [1.29, 1.82) is 0 Å². The van der Waals surface area contributed by atoms with Crippen LogP contribution in [0.3, 0.4) is 0 Å². The number of benzene rings is 1. The van der Waals surface area contributed by atoms with Gasteiger partial charge < -0.3 is 30.3 Å². The molecule has 1 aromatic carbocycles. The van der Waals surface area contributed by atoms with Crippen LogP contribution in [0.15, 0.2) is 24.3 Å². The Kier molecular flexibility index (Phi) is 10.8. The van der Waals surface area contributed by atoms with Crippen LogP contribution in [0.25, 0.3) is 0 Å². The molecule has 0 radical (unpaired) electrons. The number of Topliss-reactive ketones (excluding diaryl/α,β-unsaturated/α-hetero) is 2. The van der Waals surface area contributed by atoms with Gasteiger partial charge in [-0.15, -0.1) is 0 Å². The molecule has 4 N–H and O–H groups in total. The molecule has 2 amide bonds. The Labute approximate surface area is 247 Å². The summed E-state index contributed by atoms with van der Waals surface area (Å²) in [7, 11) is 1.52. The molecule has 3 aliphatic rings. The van der Waals surface area contributed by atoms with Gasteiger partial charge in [-0.3, -0.25) is 19.2 Å². The first-order chi connectivity index (χ1) is 20.0. The molecule has 1 aromatic rings. The largest absolute Gasteiger partial charge is 0.497 e. The minimum Gasteiger partial charge on any atom is -0.497 e. The fraction of sp³-hybridized carbons (Fsp3) is 0.688. The Morgan fingerprint density at radius 3 is 2.21 bits per heavy atom. The lowest BCUT2D eigenvalue weighted by Gasteiger charge is -2.28. The first-order valence-electron chi connectivity index (χ1n) is 15.3. The first-order valence-corrected chi connectivity index (χ1v) is 15.3. The van der Waals surface area contributed by atoms with Crippen LogP contribution in [0.2, 0.25) is 0 Å². The van der Waals surface area contributed by atoms with E-state index < -0.39 is 47.5 Å². The summed E-state index contributed by atoms with van der Waals surface area (Å²) in [5.41, 5.74) is -0.498. The van der Waals surface area contributed by atoms with Crippen molar-refractivity contribution < 1.29 is 38.9 Å². The van der Waals surface area contributed by atoms with Gasteiger partial charge in [-0.2, -0.15) is 0 Å². The minimum absolute atomic E-state index is 0.190. The predicted molar refractivity (Wildman–Crippen MR) is 155 cm³/mol. The van der Waals surface area contributed by atoms with Crippen molar-refractivity contribution in [3.63, 3.8) is 0 Å². The number of ether oxygens (including phenoxy) is 2. The lowest BCUT2D eigenvalue weighted by Crippen LogP contribution is -2.50. The number of carbonyl (C=O) groups is 4. The van der Waals surface area contributed by atoms with Crippen LogP contribution >= 0.6 is 0 Å². The van der Waals surface area contributed by atoms with Crippen molar-refractivity contribution in [2.75, 3.05) is 13.7 Å². The summed E-state index contributed by atoms with van der Waals surface area (Å²) < 4.78 is 10.6. The van der Waals surface area contributed by atoms with Gasteiger partial charge in [0.1, 0.15) is 11.4 Å². The molecular weight excluding hydrogens is 540 g/mol. The van der Waals surface area contributed by atoms with E-state index in [-0.39, 0.29) is 24.0 Å². The van der Waals surface area contributed by atoms with Crippen molar-refractivity contribution in [3.05, 3.63) is 29.8 Å². The van der Waals surface area contributed by atoms with Crippen molar-refractivity contribution in [2.24, 2.45) is 17.8 Å². The number of hydrogen-bond acceptors (Lipinski definition) is 8. The monoisotopic (exact) mass is 586 g/mol. The van der Waals surface area contributed by atoms with Gasteiger partial charge in [0.05, 0.1) is 43.9 Å². The zero-order valence-corrected chi connectivity index (χ0v) is 25.0. The van der Waals surface area contributed by atoms with E-state index in [2.05, 4.69) is 10.6 Å². The molecule has 0 aromatic heterocycles. The molecular formula is C32H46N2O8. The van der Waals surface area contributed by atoms with Crippen LogP contribution in [-0.2, 0) is 23.9 Å². The summed E-state index contributed by atoms with van der Waals surface area (Å²) in [5, 5.41) is 26.8. The van der Waals surface area contributed by atoms with E-state index in [1.54, 1.807) is 38.1 Å². The van der Waals surface area contributed by atoms with E-state index in [4.69, 9.17) is 9.47 Å². The van der Waals surface area contributed by atoms with Gasteiger partial charge in [0.2, 0.25) is 11.8 Å². The Morgan fingerprint density at radius 2 is 1.64 bits per heavy atom. The molecule has 10 nitrogen and oxygen atoms in total. The average Bonchev–Trinajstić information content (AvgIpc) is 3.53. The maximum Gasteiger partial charge on any atom is 0.227 e. The topological polar surface area (TPSA) is 155 Å². The second-order valence-corrected chi connectivity index (χ2v) is 12.6. The smallest absolute Gasteiger partial charge is 0.227 e. The predicted octanol–water partition coefficient (Wildman–Crippen LogP) is 2.78. The molecule has 10 heteroatoms. The zero-order valence-electron chi connectivity index (χ0n) is 25.0. The standard InChI is InChI=1S/C32H46N2O8/c1-19(33-30(39)22-8-12-23(35)13-9-22)27(36)17-25(28(37)21-10-14-24(41-3)15-11-21)31(40)34-26(16-20-6-4-5-7-20)29(38)32(2)18-42-32/h10-11,14-15,19-20,22-23,25-26,28,35,37H,4-9,12-13,16-18H2,1-3H3,(H,33,39)(H,34,40). The number of carbonyl (C=O) groups excluding carboxylic acids is 4. The molecule has 5 atom stereocenters. The Balaban J connectivity index is 1.49. The highest BCUT2D eigenvalue weighted by atomic mass is 16.6. The van der Waals surface area contributed by atoms with Gasteiger partial charge in [-0.1, -0.05) is 37.8 Å². The SMILES string of the molecule is COc1ccc(C(O)C(CC(=O)C(C)NC(=O)C2CCC(O)CC2)C(=O)NC(CC2CCCC2)C(=O)C2(C)CO2)cc1. The highest BCUT2D eigenvalue weighted by molar-refractivity contribution is 5.98. The fourth-order valence-electron chi connectivity index (χ4n) is 6.23. The van der Waals surface area contributed by atoms with Crippen LogP contribution < -0.4 is 15.4 Å². The van der Waals surface area contributed by atoms with Gasteiger partial charge >= 0.3 is 0 Å².